The van der Waals surface area contributed by atoms with Crippen LogP contribution < -0.4 is 10.4 Å². The van der Waals surface area contributed by atoms with Gasteiger partial charge in [0.2, 0.25) is 5.88 Å². The molecule has 0 unspecified atom stereocenters. The predicted octanol–water partition coefficient (Wildman–Crippen LogP) is 2.46. The highest BCUT2D eigenvalue weighted by Crippen LogP contribution is 2.24. The van der Waals surface area contributed by atoms with Gasteiger partial charge < -0.3 is 4.42 Å². The lowest BCUT2D eigenvalue weighted by molar-refractivity contribution is 0.267. The summed E-state index contributed by atoms with van der Waals surface area (Å²) in [5, 5.41) is 0.313. The molecule has 0 aromatic carbocycles. The van der Waals surface area contributed by atoms with Crippen LogP contribution in [0.15, 0.2) is 28.9 Å². The molecule has 0 aliphatic rings. The van der Waals surface area contributed by atoms with Crippen LogP contribution in [0.1, 0.15) is 0 Å². The third-order valence-corrected chi connectivity index (χ3v) is 2.25. The van der Waals surface area contributed by atoms with E-state index in [0.717, 1.165) is 0 Å². The smallest absolute Gasteiger partial charge is 0.250 e. The first-order valence-corrected chi connectivity index (χ1v) is 5.19. The molecule has 7 heteroatoms. The van der Waals surface area contributed by atoms with Crippen LogP contribution in [0.4, 0.5) is 17.7 Å². The fourth-order valence-corrected chi connectivity index (χ4v) is 1.47. The third kappa shape index (κ3) is 2.66. The van der Waals surface area contributed by atoms with Gasteiger partial charge in [0.1, 0.15) is 11.0 Å². The van der Waals surface area contributed by atoms with Gasteiger partial charge in [-0.15, -0.1) is 0 Å². The van der Waals surface area contributed by atoms with E-state index in [0.29, 0.717) is 16.9 Å². The van der Waals surface area contributed by atoms with Gasteiger partial charge >= 0.3 is 0 Å². The van der Waals surface area contributed by atoms with Gasteiger partial charge in [-0.25, -0.2) is 5.48 Å². The van der Waals surface area contributed by atoms with E-state index >= 15 is 0 Å². The van der Waals surface area contributed by atoms with Gasteiger partial charge in [-0.1, -0.05) is 11.6 Å². The molecule has 17 heavy (non-hydrogen) atoms. The minimum Gasteiger partial charge on any atom is -0.448 e. The average Bonchev–Trinajstić information content (AvgIpc) is 2.81. The number of halogens is 1. The number of rotatable bonds is 4. The van der Waals surface area contributed by atoms with Crippen molar-refractivity contribution in [3.63, 3.8) is 0 Å². The lowest BCUT2D eigenvalue weighted by Gasteiger charge is -2.15. The first-order valence-electron chi connectivity index (χ1n) is 4.81. The second-order valence-electron chi connectivity index (χ2n) is 3.19. The van der Waals surface area contributed by atoms with Gasteiger partial charge in [0.15, 0.2) is 0 Å². The van der Waals surface area contributed by atoms with Gasteiger partial charge in [0.25, 0.3) is 5.95 Å². The number of furan rings is 1. The van der Waals surface area contributed by atoms with E-state index in [2.05, 4.69) is 15.4 Å². The summed E-state index contributed by atoms with van der Waals surface area (Å²) in [5.41, 5.74) is 2.52. The fraction of sp³-hybridized carbons (Fsp3) is 0.200. The minimum absolute atomic E-state index is 0.286. The Labute approximate surface area is 103 Å². The first kappa shape index (κ1) is 11.7. The molecule has 2 aromatic heterocycles. The molecule has 2 heterocycles. The minimum atomic E-state index is 0.286. The van der Waals surface area contributed by atoms with Crippen molar-refractivity contribution in [3.05, 3.63) is 29.6 Å². The molecule has 90 valence electrons. The standard InChI is InChI=1S/C10H11ClN4O2/c1-15(9-4-3-5-17-9)8-6-7(11)12-10(13-8)14-16-2/h3-6H,1-2H3,(H,12,13,14). The molecule has 0 atom stereocenters. The van der Waals surface area contributed by atoms with Crippen molar-refractivity contribution in [3.8, 4) is 0 Å². The fourth-order valence-electron chi connectivity index (χ4n) is 1.29. The van der Waals surface area contributed by atoms with Gasteiger partial charge in [0.05, 0.1) is 13.4 Å². The molecule has 0 fully saturated rings. The van der Waals surface area contributed by atoms with Crippen molar-refractivity contribution in [2.24, 2.45) is 0 Å². The highest BCUT2D eigenvalue weighted by Gasteiger charge is 2.11. The van der Waals surface area contributed by atoms with E-state index in [4.69, 9.17) is 20.9 Å². The summed E-state index contributed by atoms with van der Waals surface area (Å²) in [7, 11) is 3.29. The van der Waals surface area contributed by atoms with E-state index in [9.17, 15) is 0 Å². The molecular weight excluding hydrogens is 244 g/mol. The van der Waals surface area contributed by atoms with E-state index in [-0.39, 0.29) is 5.95 Å². The van der Waals surface area contributed by atoms with Crippen LogP contribution in [-0.2, 0) is 4.84 Å². The molecule has 0 amide bonds. The number of hydrogen-bond acceptors (Lipinski definition) is 6. The topological polar surface area (TPSA) is 63.4 Å². The van der Waals surface area contributed by atoms with E-state index in [1.54, 1.807) is 23.3 Å². The highest BCUT2D eigenvalue weighted by molar-refractivity contribution is 6.29. The molecule has 1 N–H and O–H groups in total. The van der Waals surface area contributed by atoms with Crippen molar-refractivity contribution >= 4 is 29.3 Å². The first-order chi connectivity index (χ1) is 8.20. The van der Waals surface area contributed by atoms with Crippen LogP contribution in [-0.4, -0.2) is 24.1 Å². The Morgan fingerprint density at radius 3 is 2.94 bits per heavy atom. The third-order valence-electron chi connectivity index (χ3n) is 2.06. The SMILES string of the molecule is CONc1nc(Cl)cc(N(C)c2ccco2)n1. The maximum absolute atomic E-state index is 5.89. The van der Waals surface area contributed by atoms with Gasteiger partial charge in [-0.3, -0.25) is 9.74 Å². The summed E-state index contributed by atoms with van der Waals surface area (Å²) < 4.78 is 5.26. The summed E-state index contributed by atoms with van der Waals surface area (Å²) in [6.45, 7) is 0. The van der Waals surface area contributed by atoms with Gasteiger partial charge in [-0.05, 0) is 6.07 Å². The predicted molar refractivity (Wildman–Crippen MR) is 64.4 cm³/mol. The number of aromatic nitrogens is 2. The molecule has 0 aliphatic carbocycles. The quantitative estimate of drug-likeness (QED) is 0.668. The summed E-state index contributed by atoms with van der Waals surface area (Å²) in [6.07, 6.45) is 1.59. The Kier molecular flexibility index (Phi) is 3.46. The Hall–Kier alpha value is -1.79. The maximum Gasteiger partial charge on any atom is 0.250 e. The van der Waals surface area contributed by atoms with Crippen LogP contribution in [0.5, 0.6) is 0 Å². The van der Waals surface area contributed by atoms with Crippen LogP contribution in [0.2, 0.25) is 5.15 Å². The second-order valence-corrected chi connectivity index (χ2v) is 3.58. The van der Waals surface area contributed by atoms with Gasteiger partial charge in [-0.2, -0.15) is 9.97 Å². The van der Waals surface area contributed by atoms with E-state index in [1.165, 1.54) is 7.11 Å². The average molecular weight is 255 g/mol. The molecule has 0 saturated carbocycles. The van der Waals surface area contributed by atoms with Gasteiger partial charge in [0, 0.05) is 19.2 Å². The number of nitrogens with zero attached hydrogens (tertiary/aromatic N) is 3. The molecule has 2 rings (SSSR count). The summed E-state index contributed by atoms with van der Waals surface area (Å²) in [4.78, 5) is 14.6. The molecule has 0 spiro atoms. The summed E-state index contributed by atoms with van der Waals surface area (Å²) >= 11 is 5.89. The molecular formula is C10H11ClN4O2. The van der Waals surface area contributed by atoms with Crippen molar-refractivity contribution < 1.29 is 9.25 Å². The van der Waals surface area contributed by atoms with E-state index < -0.39 is 0 Å². The van der Waals surface area contributed by atoms with Crippen molar-refractivity contribution in [2.45, 2.75) is 0 Å². The van der Waals surface area contributed by atoms with E-state index in [1.807, 2.05) is 13.1 Å². The Bertz CT molecular complexity index is 489. The molecule has 6 nitrogen and oxygen atoms in total. The van der Waals surface area contributed by atoms with Crippen molar-refractivity contribution in [2.75, 3.05) is 24.5 Å². The molecule has 0 aliphatic heterocycles. The summed E-state index contributed by atoms with van der Waals surface area (Å²) in [6, 6.07) is 5.24. The van der Waals surface area contributed by atoms with Crippen molar-refractivity contribution in [1.29, 1.82) is 0 Å². The lowest BCUT2D eigenvalue weighted by atomic mass is 10.5. The Morgan fingerprint density at radius 1 is 1.47 bits per heavy atom. The number of nitrogens with one attached hydrogen (secondary N) is 1. The zero-order valence-corrected chi connectivity index (χ0v) is 10.1. The van der Waals surface area contributed by atoms with Crippen LogP contribution in [0.3, 0.4) is 0 Å². The molecule has 0 saturated heterocycles. The molecule has 0 radical (unpaired) electrons. The zero-order valence-electron chi connectivity index (χ0n) is 9.35. The Morgan fingerprint density at radius 2 is 2.29 bits per heavy atom. The van der Waals surface area contributed by atoms with Crippen LogP contribution in [0, 0.1) is 0 Å². The van der Waals surface area contributed by atoms with Crippen LogP contribution >= 0.6 is 11.6 Å². The van der Waals surface area contributed by atoms with Crippen molar-refractivity contribution in [1.82, 2.24) is 9.97 Å². The lowest BCUT2D eigenvalue weighted by Crippen LogP contribution is -2.12. The zero-order chi connectivity index (χ0) is 12.3. The maximum atomic E-state index is 5.89. The second kappa shape index (κ2) is 5.03. The largest absolute Gasteiger partial charge is 0.448 e. The monoisotopic (exact) mass is 254 g/mol. The molecule has 0 bridgehead atoms. The normalized spacial score (nSPS) is 10.3. The number of hydrogen-bond donors (Lipinski definition) is 1. The summed E-state index contributed by atoms with van der Waals surface area (Å²) in [5.74, 6) is 1.54. The molecule has 2 aromatic rings. The van der Waals surface area contributed by atoms with Crippen LogP contribution in [0.25, 0.3) is 0 Å². The highest BCUT2D eigenvalue weighted by atomic mass is 35.5. The number of anilines is 3. The Balaban J connectivity index is 2.31.